The normalized spacial score (nSPS) is 23.6. The van der Waals surface area contributed by atoms with E-state index < -0.39 is 10.0 Å². The van der Waals surface area contributed by atoms with Crippen molar-refractivity contribution in [3.05, 3.63) is 0 Å². The fourth-order valence-corrected chi connectivity index (χ4v) is 3.64. The van der Waals surface area contributed by atoms with E-state index in [0.717, 1.165) is 39.1 Å². The van der Waals surface area contributed by atoms with Crippen molar-refractivity contribution in [1.82, 2.24) is 14.1 Å². The van der Waals surface area contributed by atoms with Gasteiger partial charge in [0.1, 0.15) is 0 Å². The molecule has 1 aliphatic rings. The van der Waals surface area contributed by atoms with Gasteiger partial charge in [-0.15, -0.1) is 0 Å². The number of sulfonamides is 1. The van der Waals surface area contributed by atoms with E-state index >= 15 is 0 Å². The van der Waals surface area contributed by atoms with Gasteiger partial charge < -0.3 is 10.0 Å². The van der Waals surface area contributed by atoms with E-state index in [1.807, 2.05) is 6.92 Å². The van der Waals surface area contributed by atoms with Crippen LogP contribution >= 0.6 is 0 Å². The number of aliphatic hydroxyl groups is 1. The maximum absolute atomic E-state index is 11.7. The molecular formula is C14H31N3O3S. The van der Waals surface area contributed by atoms with Crippen molar-refractivity contribution in [2.24, 2.45) is 0 Å². The molecule has 1 fully saturated rings. The van der Waals surface area contributed by atoms with Gasteiger partial charge in [0.2, 0.25) is 10.0 Å². The molecule has 0 aromatic rings. The quantitative estimate of drug-likeness (QED) is 0.684. The fraction of sp³-hybridized carbons (Fsp3) is 1.00. The first kappa shape index (κ1) is 18.8. The molecule has 1 heterocycles. The Bertz CT molecular complexity index is 398. The monoisotopic (exact) mass is 321 g/mol. The lowest BCUT2D eigenvalue weighted by atomic mass is 10.1. The van der Waals surface area contributed by atoms with Crippen LogP contribution in [0.4, 0.5) is 0 Å². The summed E-state index contributed by atoms with van der Waals surface area (Å²) in [6, 6.07) is 0.457. The molecule has 0 bridgehead atoms. The maximum Gasteiger partial charge on any atom is 0.213 e. The Balaban J connectivity index is 2.39. The fourth-order valence-electron chi connectivity index (χ4n) is 2.78. The number of piperazine rings is 1. The Morgan fingerprint density at radius 1 is 1.33 bits per heavy atom. The topological polar surface area (TPSA) is 64.1 Å². The number of nitrogens with zero attached hydrogens (tertiary/aromatic N) is 3. The molecule has 0 aromatic heterocycles. The number of rotatable bonds is 8. The average Bonchev–Trinajstić information content (AvgIpc) is 2.39. The van der Waals surface area contributed by atoms with Crippen LogP contribution in [-0.4, -0.2) is 92.3 Å². The summed E-state index contributed by atoms with van der Waals surface area (Å²) >= 11 is 0. The van der Waals surface area contributed by atoms with Gasteiger partial charge in [0.25, 0.3) is 0 Å². The van der Waals surface area contributed by atoms with Gasteiger partial charge in [-0.1, -0.05) is 6.92 Å². The zero-order valence-electron chi connectivity index (χ0n) is 13.8. The third kappa shape index (κ3) is 6.20. The van der Waals surface area contributed by atoms with Gasteiger partial charge in [0, 0.05) is 46.3 Å². The Labute approximate surface area is 129 Å². The van der Waals surface area contributed by atoms with Crippen molar-refractivity contribution in [3.63, 3.8) is 0 Å². The van der Waals surface area contributed by atoms with Gasteiger partial charge in [-0.3, -0.25) is 4.90 Å². The average molecular weight is 321 g/mol. The van der Waals surface area contributed by atoms with Crippen molar-refractivity contribution in [2.45, 2.75) is 38.8 Å². The molecule has 2 atom stereocenters. The van der Waals surface area contributed by atoms with Crippen molar-refractivity contribution in [2.75, 3.05) is 52.6 Å². The molecule has 0 radical (unpaired) electrons. The molecule has 1 rings (SSSR count). The van der Waals surface area contributed by atoms with Crippen LogP contribution in [0.2, 0.25) is 0 Å². The predicted octanol–water partition coefficient (Wildman–Crippen LogP) is 0.0449. The third-order valence-electron chi connectivity index (χ3n) is 4.09. The SMILES string of the molecule is CCC1CN(CCCS(=O)(=O)N(C)C)CCN1CC(C)O. The minimum absolute atomic E-state index is 0.213. The predicted molar refractivity (Wildman–Crippen MR) is 85.9 cm³/mol. The Morgan fingerprint density at radius 3 is 2.52 bits per heavy atom. The molecule has 1 N–H and O–H groups in total. The molecule has 1 saturated heterocycles. The Hall–Kier alpha value is -0.210. The number of β-amino-alcohol motifs (C(OH)–C–C–N with tert-alkyl or cyclic N) is 1. The zero-order chi connectivity index (χ0) is 16.0. The van der Waals surface area contributed by atoms with Crippen molar-refractivity contribution >= 4 is 10.0 Å². The van der Waals surface area contributed by atoms with E-state index in [0.29, 0.717) is 12.5 Å². The minimum atomic E-state index is -3.08. The van der Waals surface area contributed by atoms with Crippen LogP contribution in [0.5, 0.6) is 0 Å². The van der Waals surface area contributed by atoms with E-state index in [2.05, 4.69) is 16.7 Å². The maximum atomic E-state index is 11.7. The van der Waals surface area contributed by atoms with E-state index in [-0.39, 0.29) is 11.9 Å². The lowest BCUT2D eigenvalue weighted by Crippen LogP contribution is -2.54. The van der Waals surface area contributed by atoms with Crippen molar-refractivity contribution in [3.8, 4) is 0 Å². The summed E-state index contributed by atoms with van der Waals surface area (Å²) < 4.78 is 24.8. The molecule has 0 amide bonds. The van der Waals surface area contributed by atoms with Gasteiger partial charge in [-0.2, -0.15) is 0 Å². The van der Waals surface area contributed by atoms with Gasteiger partial charge in [-0.25, -0.2) is 12.7 Å². The van der Waals surface area contributed by atoms with Gasteiger partial charge in [0.15, 0.2) is 0 Å². The smallest absolute Gasteiger partial charge is 0.213 e. The summed E-state index contributed by atoms with van der Waals surface area (Å²) in [4.78, 5) is 4.69. The summed E-state index contributed by atoms with van der Waals surface area (Å²) in [5.41, 5.74) is 0. The summed E-state index contributed by atoms with van der Waals surface area (Å²) in [7, 11) is 0.0797. The molecule has 0 aromatic carbocycles. The number of hydrogen-bond acceptors (Lipinski definition) is 5. The lowest BCUT2D eigenvalue weighted by Gasteiger charge is -2.41. The van der Waals surface area contributed by atoms with Crippen LogP contribution in [0.25, 0.3) is 0 Å². The second-order valence-electron chi connectivity index (χ2n) is 6.16. The first-order chi connectivity index (χ1) is 9.76. The summed E-state index contributed by atoms with van der Waals surface area (Å²) in [5.74, 6) is 0.213. The highest BCUT2D eigenvalue weighted by Crippen LogP contribution is 2.14. The van der Waals surface area contributed by atoms with E-state index in [1.165, 1.54) is 4.31 Å². The highest BCUT2D eigenvalue weighted by atomic mass is 32.2. The van der Waals surface area contributed by atoms with E-state index in [9.17, 15) is 13.5 Å². The molecule has 7 heteroatoms. The Morgan fingerprint density at radius 2 is 2.00 bits per heavy atom. The van der Waals surface area contributed by atoms with Gasteiger partial charge in [0.05, 0.1) is 11.9 Å². The Kier molecular flexibility index (Phi) is 7.56. The molecule has 1 aliphatic heterocycles. The molecule has 21 heavy (non-hydrogen) atoms. The number of hydrogen-bond donors (Lipinski definition) is 1. The van der Waals surface area contributed by atoms with Crippen molar-refractivity contribution in [1.29, 1.82) is 0 Å². The molecule has 0 saturated carbocycles. The molecular weight excluding hydrogens is 290 g/mol. The van der Waals surface area contributed by atoms with Crippen LogP contribution in [-0.2, 0) is 10.0 Å². The van der Waals surface area contributed by atoms with Crippen LogP contribution < -0.4 is 0 Å². The number of aliphatic hydroxyl groups excluding tert-OH is 1. The second kappa shape index (κ2) is 8.43. The standard InChI is InChI=1S/C14H31N3O3S/c1-5-14-12-16(8-9-17(14)11-13(2)18)7-6-10-21(19,20)15(3)4/h13-14,18H,5-12H2,1-4H3. The first-order valence-electron chi connectivity index (χ1n) is 7.81. The van der Waals surface area contributed by atoms with E-state index in [4.69, 9.17) is 0 Å². The van der Waals surface area contributed by atoms with Crippen LogP contribution in [0.15, 0.2) is 0 Å². The minimum Gasteiger partial charge on any atom is -0.392 e. The molecule has 2 unspecified atom stereocenters. The third-order valence-corrected chi connectivity index (χ3v) is 6.01. The van der Waals surface area contributed by atoms with Crippen LogP contribution in [0, 0.1) is 0 Å². The van der Waals surface area contributed by atoms with E-state index in [1.54, 1.807) is 14.1 Å². The first-order valence-corrected chi connectivity index (χ1v) is 9.41. The van der Waals surface area contributed by atoms with Crippen LogP contribution in [0.3, 0.4) is 0 Å². The molecule has 0 spiro atoms. The summed E-state index contributed by atoms with van der Waals surface area (Å²) in [6.07, 6.45) is 1.43. The highest BCUT2D eigenvalue weighted by Gasteiger charge is 2.26. The molecule has 6 nitrogen and oxygen atoms in total. The van der Waals surface area contributed by atoms with Gasteiger partial charge >= 0.3 is 0 Å². The summed E-state index contributed by atoms with van der Waals surface area (Å²) in [6.45, 7) is 8.40. The second-order valence-corrected chi connectivity index (χ2v) is 8.46. The molecule has 126 valence electrons. The van der Waals surface area contributed by atoms with Crippen LogP contribution in [0.1, 0.15) is 26.7 Å². The largest absolute Gasteiger partial charge is 0.392 e. The van der Waals surface area contributed by atoms with Gasteiger partial charge in [-0.05, 0) is 26.3 Å². The lowest BCUT2D eigenvalue weighted by molar-refractivity contribution is 0.0368. The zero-order valence-corrected chi connectivity index (χ0v) is 14.6. The highest BCUT2D eigenvalue weighted by molar-refractivity contribution is 7.89. The molecule has 0 aliphatic carbocycles. The summed E-state index contributed by atoms with van der Waals surface area (Å²) in [5, 5.41) is 9.54. The van der Waals surface area contributed by atoms with Crippen molar-refractivity contribution < 1.29 is 13.5 Å².